The average molecular weight is 236 g/mol. The van der Waals surface area contributed by atoms with Gasteiger partial charge in [0.1, 0.15) is 6.04 Å². The summed E-state index contributed by atoms with van der Waals surface area (Å²) in [5.41, 5.74) is 6.78. The average Bonchev–Trinajstić information content (AvgIpc) is 2.60. The summed E-state index contributed by atoms with van der Waals surface area (Å²) in [5.74, 6) is 0.0277. The largest absolute Gasteiger partial charge is 0.341 e. The van der Waals surface area contributed by atoms with E-state index in [4.69, 9.17) is 5.73 Å². The first kappa shape index (κ1) is 12.1. The van der Waals surface area contributed by atoms with Gasteiger partial charge >= 0.3 is 0 Å². The number of aryl methyl sites for hydroxylation is 1. The Balaban J connectivity index is 2.03. The first-order chi connectivity index (χ1) is 8.18. The fourth-order valence-corrected chi connectivity index (χ4v) is 2.23. The molecule has 1 unspecified atom stereocenters. The van der Waals surface area contributed by atoms with Crippen LogP contribution in [0.5, 0.6) is 0 Å². The molecule has 1 fully saturated rings. The van der Waals surface area contributed by atoms with Crippen LogP contribution in [-0.2, 0) is 11.8 Å². The van der Waals surface area contributed by atoms with Gasteiger partial charge in [-0.1, -0.05) is 12.8 Å². The number of hydrogen-bond acceptors (Lipinski definition) is 3. The van der Waals surface area contributed by atoms with E-state index < -0.39 is 6.04 Å². The standard InChI is InChI=1S/C12H20N4O/c1-15-9-10(8-14-15)11(13)12(17)16-6-4-2-3-5-7-16/h8-9,11H,2-7,13H2,1H3. The van der Waals surface area contributed by atoms with Gasteiger partial charge < -0.3 is 10.6 Å². The Morgan fingerprint density at radius 2 is 2.00 bits per heavy atom. The first-order valence-corrected chi connectivity index (χ1v) is 6.21. The van der Waals surface area contributed by atoms with Gasteiger partial charge in [-0.05, 0) is 12.8 Å². The van der Waals surface area contributed by atoms with Crippen LogP contribution >= 0.6 is 0 Å². The van der Waals surface area contributed by atoms with Crippen LogP contribution in [0, 0.1) is 0 Å². The van der Waals surface area contributed by atoms with Crippen LogP contribution in [0.2, 0.25) is 0 Å². The van der Waals surface area contributed by atoms with Crippen molar-refractivity contribution in [1.82, 2.24) is 14.7 Å². The molecule has 17 heavy (non-hydrogen) atoms. The van der Waals surface area contributed by atoms with Crippen LogP contribution in [0.25, 0.3) is 0 Å². The fourth-order valence-electron chi connectivity index (χ4n) is 2.23. The summed E-state index contributed by atoms with van der Waals surface area (Å²) in [6.45, 7) is 1.68. The molecule has 0 aliphatic carbocycles. The van der Waals surface area contributed by atoms with E-state index in [1.165, 1.54) is 12.8 Å². The fraction of sp³-hybridized carbons (Fsp3) is 0.667. The van der Waals surface area contributed by atoms with Gasteiger partial charge in [-0.2, -0.15) is 5.10 Å². The van der Waals surface area contributed by atoms with Gasteiger partial charge in [0, 0.05) is 31.9 Å². The molecule has 1 aromatic rings. The Hall–Kier alpha value is -1.36. The molecule has 1 aromatic heterocycles. The van der Waals surface area contributed by atoms with E-state index >= 15 is 0 Å². The van der Waals surface area contributed by atoms with Crippen LogP contribution in [0.15, 0.2) is 12.4 Å². The van der Waals surface area contributed by atoms with Crippen LogP contribution in [-0.4, -0.2) is 33.7 Å². The minimum Gasteiger partial charge on any atom is -0.341 e. The number of rotatable bonds is 2. The van der Waals surface area contributed by atoms with Crippen molar-refractivity contribution in [2.75, 3.05) is 13.1 Å². The Morgan fingerprint density at radius 1 is 1.35 bits per heavy atom. The lowest BCUT2D eigenvalue weighted by Gasteiger charge is -2.23. The lowest BCUT2D eigenvalue weighted by Crippen LogP contribution is -2.39. The summed E-state index contributed by atoms with van der Waals surface area (Å²) in [6.07, 6.45) is 8.08. The molecule has 0 bridgehead atoms. The molecule has 1 aliphatic heterocycles. The molecule has 1 aliphatic rings. The zero-order valence-electron chi connectivity index (χ0n) is 10.3. The van der Waals surface area contributed by atoms with Gasteiger partial charge in [0.2, 0.25) is 5.91 Å². The summed E-state index contributed by atoms with van der Waals surface area (Å²) >= 11 is 0. The molecule has 2 heterocycles. The lowest BCUT2D eigenvalue weighted by atomic mass is 10.1. The van der Waals surface area contributed by atoms with Crippen LogP contribution in [0.1, 0.15) is 37.3 Å². The number of hydrogen-bond donors (Lipinski definition) is 1. The van der Waals surface area contributed by atoms with E-state index in [0.717, 1.165) is 31.5 Å². The number of nitrogens with two attached hydrogens (primary N) is 1. The first-order valence-electron chi connectivity index (χ1n) is 6.21. The molecule has 0 saturated carbocycles. The van der Waals surface area contributed by atoms with E-state index in [1.807, 2.05) is 11.9 Å². The highest BCUT2D eigenvalue weighted by Crippen LogP contribution is 2.16. The number of carbonyl (C=O) groups excluding carboxylic acids is 1. The molecule has 1 amide bonds. The lowest BCUT2D eigenvalue weighted by molar-refractivity contribution is -0.132. The maximum Gasteiger partial charge on any atom is 0.244 e. The molecular weight excluding hydrogens is 216 g/mol. The number of nitrogens with zero attached hydrogens (tertiary/aromatic N) is 3. The van der Waals surface area contributed by atoms with Crippen LogP contribution in [0.4, 0.5) is 0 Å². The molecular formula is C12H20N4O. The molecule has 5 nitrogen and oxygen atoms in total. The van der Waals surface area contributed by atoms with Crippen molar-refractivity contribution in [3.8, 4) is 0 Å². The predicted octanol–water partition coefficient (Wildman–Crippen LogP) is 0.822. The van der Waals surface area contributed by atoms with Crippen molar-refractivity contribution < 1.29 is 4.79 Å². The Bertz CT molecular complexity index is 380. The minimum atomic E-state index is -0.568. The molecule has 2 N–H and O–H groups in total. The SMILES string of the molecule is Cn1cc(C(N)C(=O)N2CCCCCC2)cn1. The number of likely N-dealkylation sites (tertiary alicyclic amines) is 1. The quantitative estimate of drug-likeness (QED) is 0.827. The van der Waals surface area contributed by atoms with Crippen LogP contribution in [0.3, 0.4) is 0 Å². The Kier molecular flexibility index (Phi) is 3.78. The molecule has 2 rings (SSSR count). The van der Waals surface area contributed by atoms with Crippen molar-refractivity contribution in [3.63, 3.8) is 0 Å². The smallest absolute Gasteiger partial charge is 0.244 e. The van der Waals surface area contributed by atoms with E-state index in [-0.39, 0.29) is 5.91 Å². The third-order valence-corrected chi connectivity index (χ3v) is 3.27. The van der Waals surface area contributed by atoms with E-state index in [0.29, 0.717) is 0 Å². The highest BCUT2D eigenvalue weighted by molar-refractivity contribution is 5.82. The summed E-state index contributed by atoms with van der Waals surface area (Å²) in [4.78, 5) is 14.1. The zero-order valence-corrected chi connectivity index (χ0v) is 10.3. The second kappa shape index (κ2) is 5.31. The molecule has 1 atom stereocenters. The highest BCUT2D eigenvalue weighted by Gasteiger charge is 2.23. The van der Waals surface area contributed by atoms with Gasteiger partial charge in [0.25, 0.3) is 0 Å². The molecule has 0 radical (unpaired) electrons. The molecule has 94 valence electrons. The van der Waals surface area contributed by atoms with E-state index in [9.17, 15) is 4.79 Å². The second-order valence-electron chi connectivity index (χ2n) is 4.66. The van der Waals surface area contributed by atoms with Crippen molar-refractivity contribution >= 4 is 5.91 Å². The summed E-state index contributed by atoms with van der Waals surface area (Å²) in [7, 11) is 1.83. The van der Waals surface area contributed by atoms with E-state index in [1.54, 1.807) is 17.1 Å². The van der Waals surface area contributed by atoms with Crippen molar-refractivity contribution in [2.24, 2.45) is 12.8 Å². The zero-order chi connectivity index (χ0) is 12.3. The normalized spacial score (nSPS) is 18.8. The monoisotopic (exact) mass is 236 g/mol. The summed E-state index contributed by atoms with van der Waals surface area (Å²) < 4.78 is 1.67. The molecule has 0 aromatic carbocycles. The van der Waals surface area contributed by atoms with E-state index in [2.05, 4.69) is 5.10 Å². The predicted molar refractivity (Wildman–Crippen MR) is 65.2 cm³/mol. The number of aromatic nitrogens is 2. The third-order valence-electron chi connectivity index (χ3n) is 3.27. The van der Waals surface area contributed by atoms with Gasteiger partial charge in [0.15, 0.2) is 0 Å². The molecule has 0 spiro atoms. The van der Waals surface area contributed by atoms with Crippen molar-refractivity contribution in [3.05, 3.63) is 18.0 Å². The number of carbonyl (C=O) groups is 1. The van der Waals surface area contributed by atoms with Gasteiger partial charge in [-0.25, -0.2) is 0 Å². The molecule has 1 saturated heterocycles. The number of amides is 1. The summed E-state index contributed by atoms with van der Waals surface area (Å²) in [5, 5.41) is 4.05. The summed E-state index contributed by atoms with van der Waals surface area (Å²) in [6, 6.07) is -0.568. The van der Waals surface area contributed by atoms with Gasteiger partial charge in [0.05, 0.1) is 6.20 Å². The minimum absolute atomic E-state index is 0.0277. The molecule has 5 heteroatoms. The van der Waals surface area contributed by atoms with Crippen LogP contribution < -0.4 is 5.73 Å². The third kappa shape index (κ3) is 2.85. The Morgan fingerprint density at radius 3 is 2.53 bits per heavy atom. The van der Waals surface area contributed by atoms with Crippen molar-refractivity contribution in [2.45, 2.75) is 31.7 Å². The van der Waals surface area contributed by atoms with Gasteiger partial charge in [-0.15, -0.1) is 0 Å². The van der Waals surface area contributed by atoms with Crippen molar-refractivity contribution in [1.29, 1.82) is 0 Å². The maximum atomic E-state index is 12.2. The maximum absolute atomic E-state index is 12.2. The Labute approximate surface area is 102 Å². The second-order valence-corrected chi connectivity index (χ2v) is 4.66. The topological polar surface area (TPSA) is 64.2 Å². The van der Waals surface area contributed by atoms with Gasteiger partial charge in [-0.3, -0.25) is 9.48 Å². The highest BCUT2D eigenvalue weighted by atomic mass is 16.2.